The van der Waals surface area contributed by atoms with Gasteiger partial charge in [0.05, 0.1) is 15.2 Å². The minimum atomic E-state index is 1.09. The van der Waals surface area contributed by atoms with Crippen molar-refractivity contribution in [1.29, 1.82) is 0 Å². The van der Waals surface area contributed by atoms with Crippen LogP contribution in [0.2, 0.25) is 0 Å². The number of thiazole rings is 1. The van der Waals surface area contributed by atoms with Crippen LogP contribution in [0.5, 0.6) is 0 Å². The Bertz CT molecular complexity index is 916. The van der Waals surface area contributed by atoms with Crippen LogP contribution >= 0.6 is 11.3 Å². The van der Waals surface area contributed by atoms with Gasteiger partial charge in [-0.25, -0.2) is 4.98 Å². The molecule has 3 aromatic carbocycles. The summed E-state index contributed by atoms with van der Waals surface area (Å²) in [5.74, 6) is 0. The molecule has 0 fully saturated rings. The molecule has 0 amide bonds. The van der Waals surface area contributed by atoms with Crippen molar-refractivity contribution >= 4 is 32.3 Å². The Morgan fingerprint density at radius 1 is 0.900 bits per heavy atom. The first kappa shape index (κ1) is 11.6. The van der Waals surface area contributed by atoms with Crippen molar-refractivity contribution < 1.29 is 0 Å². The summed E-state index contributed by atoms with van der Waals surface area (Å²) >= 11 is 1.76. The fraction of sp³-hybridized carbons (Fsp3) is 0.0556. The normalized spacial score (nSPS) is 11.2. The van der Waals surface area contributed by atoms with Gasteiger partial charge in [-0.3, -0.25) is 0 Å². The lowest BCUT2D eigenvalue weighted by Crippen LogP contribution is -1.81. The lowest BCUT2D eigenvalue weighted by atomic mass is 9.98. The maximum atomic E-state index is 4.53. The van der Waals surface area contributed by atoms with Crippen molar-refractivity contribution in [3.63, 3.8) is 0 Å². The third kappa shape index (κ3) is 1.81. The van der Waals surface area contributed by atoms with Crippen LogP contribution in [0, 0.1) is 6.92 Å². The van der Waals surface area contributed by atoms with Crippen LogP contribution in [0.25, 0.3) is 32.1 Å². The second-order valence-electron chi connectivity index (χ2n) is 4.94. The molecular formula is C18H13NS. The molecule has 4 rings (SSSR count). The average molecular weight is 275 g/mol. The highest BCUT2D eigenvalue weighted by Crippen LogP contribution is 2.32. The largest absolute Gasteiger partial charge is 0.242 e. The van der Waals surface area contributed by atoms with E-state index in [1.807, 2.05) is 0 Å². The zero-order chi connectivity index (χ0) is 13.5. The highest BCUT2D eigenvalue weighted by molar-refractivity contribution is 7.18. The molecule has 0 N–H and O–H groups in total. The molecule has 0 aliphatic rings. The number of hydrogen-bond donors (Lipinski definition) is 0. The Labute approximate surface area is 121 Å². The second-order valence-corrected chi connectivity index (χ2v) is 6.18. The third-order valence-electron chi connectivity index (χ3n) is 3.60. The van der Waals surface area contributed by atoms with E-state index in [1.54, 1.807) is 11.3 Å². The lowest BCUT2D eigenvalue weighted by molar-refractivity contribution is 1.35. The Balaban J connectivity index is 2.00. The predicted molar refractivity (Wildman–Crippen MR) is 87.3 cm³/mol. The van der Waals surface area contributed by atoms with E-state index in [4.69, 9.17) is 0 Å². The molecule has 20 heavy (non-hydrogen) atoms. The van der Waals surface area contributed by atoms with E-state index in [-0.39, 0.29) is 0 Å². The molecule has 0 radical (unpaired) electrons. The fourth-order valence-electron chi connectivity index (χ4n) is 2.68. The molecule has 1 heterocycles. The predicted octanol–water partition coefficient (Wildman–Crippen LogP) is 5.42. The first-order valence-electron chi connectivity index (χ1n) is 6.66. The van der Waals surface area contributed by atoms with Crippen molar-refractivity contribution in [2.45, 2.75) is 6.92 Å². The minimum Gasteiger partial charge on any atom is -0.242 e. The van der Waals surface area contributed by atoms with Gasteiger partial charge in [0.2, 0.25) is 0 Å². The van der Waals surface area contributed by atoms with Gasteiger partial charge in [-0.2, -0.15) is 0 Å². The molecule has 4 aromatic rings. The number of aryl methyl sites for hydroxylation is 1. The van der Waals surface area contributed by atoms with Gasteiger partial charge < -0.3 is 0 Å². The van der Waals surface area contributed by atoms with Crippen molar-refractivity contribution in [2.24, 2.45) is 0 Å². The number of aromatic nitrogens is 1. The maximum absolute atomic E-state index is 4.53. The Morgan fingerprint density at radius 3 is 2.70 bits per heavy atom. The van der Waals surface area contributed by atoms with Crippen molar-refractivity contribution in [1.82, 2.24) is 4.98 Å². The molecule has 0 unspecified atom stereocenters. The van der Waals surface area contributed by atoms with Crippen molar-refractivity contribution in [2.75, 3.05) is 0 Å². The SMILES string of the molecule is Cc1nc2ccc(-c3cccc4ccccc34)cc2s1. The van der Waals surface area contributed by atoms with Gasteiger partial charge in [0.25, 0.3) is 0 Å². The molecule has 0 bridgehead atoms. The van der Waals surface area contributed by atoms with E-state index in [0.29, 0.717) is 0 Å². The fourth-order valence-corrected chi connectivity index (χ4v) is 3.55. The van der Waals surface area contributed by atoms with Gasteiger partial charge >= 0.3 is 0 Å². The zero-order valence-electron chi connectivity index (χ0n) is 11.1. The van der Waals surface area contributed by atoms with Crippen LogP contribution in [0.4, 0.5) is 0 Å². The molecule has 0 aliphatic carbocycles. The molecule has 0 spiro atoms. The summed E-state index contributed by atoms with van der Waals surface area (Å²) in [4.78, 5) is 4.53. The van der Waals surface area contributed by atoms with E-state index in [9.17, 15) is 0 Å². The van der Waals surface area contributed by atoms with Crippen LogP contribution < -0.4 is 0 Å². The first-order valence-corrected chi connectivity index (χ1v) is 7.48. The van der Waals surface area contributed by atoms with Crippen molar-refractivity contribution in [3.8, 4) is 11.1 Å². The molecule has 2 heteroatoms. The minimum absolute atomic E-state index is 1.09. The standard InChI is InChI=1S/C18H13NS/c1-12-19-17-10-9-14(11-18(17)20-12)16-8-4-6-13-5-2-3-7-15(13)16/h2-11H,1H3. The van der Waals surface area contributed by atoms with E-state index in [1.165, 1.54) is 26.6 Å². The average Bonchev–Trinajstić information content (AvgIpc) is 2.85. The molecule has 1 nitrogen and oxygen atoms in total. The topological polar surface area (TPSA) is 12.9 Å². The summed E-state index contributed by atoms with van der Waals surface area (Å²) in [5, 5.41) is 3.70. The Morgan fingerprint density at radius 2 is 1.75 bits per heavy atom. The van der Waals surface area contributed by atoms with Crippen LogP contribution in [0.15, 0.2) is 60.7 Å². The number of benzene rings is 3. The van der Waals surface area contributed by atoms with Gasteiger partial charge in [0.1, 0.15) is 0 Å². The monoisotopic (exact) mass is 275 g/mol. The highest BCUT2D eigenvalue weighted by Gasteiger charge is 2.06. The van der Waals surface area contributed by atoms with E-state index >= 15 is 0 Å². The van der Waals surface area contributed by atoms with Gasteiger partial charge in [-0.1, -0.05) is 48.5 Å². The van der Waals surface area contributed by atoms with E-state index in [0.717, 1.165) is 10.5 Å². The molecule has 0 atom stereocenters. The Hall–Kier alpha value is -2.19. The van der Waals surface area contributed by atoms with Gasteiger partial charge in [-0.05, 0) is 41.0 Å². The number of nitrogens with zero attached hydrogens (tertiary/aromatic N) is 1. The maximum Gasteiger partial charge on any atom is 0.0907 e. The molecule has 0 saturated heterocycles. The first-order chi connectivity index (χ1) is 9.81. The number of rotatable bonds is 1. The summed E-state index contributed by atoms with van der Waals surface area (Å²) < 4.78 is 1.26. The Kier molecular flexibility index (Phi) is 2.57. The molecule has 0 aliphatic heterocycles. The number of hydrogen-bond acceptors (Lipinski definition) is 2. The van der Waals surface area contributed by atoms with Crippen molar-refractivity contribution in [3.05, 3.63) is 65.7 Å². The van der Waals surface area contributed by atoms with Crippen LogP contribution in [0.3, 0.4) is 0 Å². The van der Waals surface area contributed by atoms with Gasteiger partial charge in [-0.15, -0.1) is 11.3 Å². The van der Waals surface area contributed by atoms with Gasteiger partial charge in [0.15, 0.2) is 0 Å². The second kappa shape index (κ2) is 4.43. The zero-order valence-corrected chi connectivity index (χ0v) is 11.9. The van der Waals surface area contributed by atoms with Gasteiger partial charge in [0, 0.05) is 0 Å². The third-order valence-corrected chi connectivity index (χ3v) is 4.53. The molecule has 1 aromatic heterocycles. The van der Waals surface area contributed by atoms with Crippen LogP contribution in [-0.4, -0.2) is 4.98 Å². The molecule has 0 saturated carbocycles. The summed E-state index contributed by atoms with van der Waals surface area (Å²) in [5.41, 5.74) is 3.64. The smallest absolute Gasteiger partial charge is 0.0907 e. The molecular weight excluding hydrogens is 262 g/mol. The summed E-state index contributed by atoms with van der Waals surface area (Å²) in [7, 11) is 0. The lowest BCUT2D eigenvalue weighted by Gasteiger charge is -2.06. The van der Waals surface area contributed by atoms with Crippen LogP contribution in [-0.2, 0) is 0 Å². The van der Waals surface area contributed by atoms with E-state index < -0.39 is 0 Å². The summed E-state index contributed by atoms with van der Waals surface area (Å²) in [6, 6.07) is 21.6. The quantitative estimate of drug-likeness (QED) is 0.451. The molecule has 96 valence electrons. The highest BCUT2D eigenvalue weighted by atomic mass is 32.1. The summed E-state index contributed by atoms with van der Waals surface area (Å²) in [6.07, 6.45) is 0. The summed E-state index contributed by atoms with van der Waals surface area (Å²) in [6.45, 7) is 2.06. The number of fused-ring (bicyclic) bond motifs is 2. The van der Waals surface area contributed by atoms with E-state index in [2.05, 4.69) is 72.6 Å². The van der Waals surface area contributed by atoms with Crippen LogP contribution in [0.1, 0.15) is 5.01 Å².